The third kappa shape index (κ3) is 4.83. The largest absolute Gasteiger partial charge is 0.350 e. The zero-order chi connectivity index (χ0) is 24.9. The molecule has 1 aliphatic rings. The number of imidazole rings is 1. The van der Waals surface area contributed by atoms with Crippen molar-refractivity contribution in [3.63, 3.8) is 0 Å². The Labute approximate surface area is 212 Å². The number of carbonyl (C=O) groups is 1. The fourth-order valence-electron chi connectivity index (χ4n) is 5.17. The highest BCUT2D eigenvalue weighted by Gasteiger charge is 2.31. The van der Waals surface area contributed by atoms with Gasteiger partial charge in [0.25, 0.3) is 5.91 Å². The van der Waals surface area contributed by atoms with Crippen LogP contribution in [0, 0.1) is 11.3 Å². The number of nitrogens with zero attached hydrogens (tertiary/aromatic N) is 5. The highest BCUT2D eigenvalue weighted by molar-refractivity contribution is 6.07. The van der Waals surface area contributed by atoms with Crippen molar-refractivity contribution < 1.29 is 4.79 Å². The fourth-order valence-corrected chi connectivity index (χ4v) is 5.17. The molecule has 6 heteroatoms. The number of rotatable bonds is 7. The van der Waals surface area contributed by atoms with Crippen molar-refractivity contribution in [2.24, 2.45) is 0 Å². The molecule has 5 rings (SSSR count). The second-order valence-electron chi connectivity index (χ2n) is 9.46. The Morgan fingerprint density at radius 2 is 1.86 bits per heavy atom. The van der Waals surface area contributed by atoms with Gasteiger partial charge in [0.05, 0.1) is 30.7 Å². The molecule has 0 N–H and O–H groups in total. The maximum atomic E-state index is 13.7. The molecule has 1 aromatic heterocycles. The molecule has 0 unspecified atom stereocenters. The van der Waals surface area contributed by atoms with Gasteiger partial charge in [-0.1, -0.05) is 68.3 Å². The number of aromatic nitrogens is 2. The topological polar surface area (TPSA) is 65.2 Å². The summed E-state index contributed by atoms with van der Waals surface area (Å²) in [5, 5.41) is 11.2. The van der Waals surface area contributed by atoms with E-state index in [1.54, 1.807) is 0 Å². The van der Waals surface area contributed by atoms with Crippen LogP contribution in [0.5, 0.6) is 0 Å². The number of benzene rings is 3. The fraction of sp³-hybridized carbons (Fsp3) is 0.300. The molecule has 36 heavy (non-hydrogen) atoms. The summed E-state index contributed by atoms with van der Waals surface area (Å²) in [5.41, 5.74) is 2.57. The van der Waals surface area contributed by atoms with E-state index >= 15 is 0 Å². The maximum absolute atomic E-state index is 13.7. The van der Waals surface area contributed by atoms with Gasteiger partial charge in [-0.05, 0) is 41.0 Å². The smallest absolute Gasteiger partial charge is 0.254 e. The van der Waals surface area contributed by atoms with Gasteiger partial charge in [-0.2, -0.15) is 5.26 Å². The molecule has 1 aliphatic heterocycles. The van der Waals surface area contributed by atoms with Crippen LogP contribution in [0.4, 0.5) is 5.82 Å². The van der Waals surface area contributed by atoms with Crippen molar-refractivity contribution in [3.05, 3.63) is 95.9 Å². The summed E-state index contributed by atoms with van der Waals surface area (Å²) >= 11 is 0. The van der Waals surface area contributed by atoms with Crippen molar-refractivity contribution >= 4 is 22.5 Å². The van der Waals surface area contributed by atoms with Crippen LogP contribution in [0.1, 0.15) is 47.7 Å². The number of carbonyl (C=O) groups excluding carboxylic acids is 1. The lowest BCUT2D eigenvalue weighted by Gasteiger charge is -2.43. The summed E-state index contributed by atoms with van der Waals surface area (Å²) in [7, 11) is 0. The first-order valence-electron chi connectivity index (χ1n) is 12.7. The van der Waals surface area contributed by atoms with E-state index in [4.69, 9.17) is 5.26 Å². The van der Waals surface area contributed by atoms with Crippen LogP contribution in [0.3, 0.4) is 0 Å². The van der Waals surface area contributed by atoms with Crippen LogP contribution >= 0.6 is 0 Å². The van der Waals surface area contributed by atoms with E-state index in [1.165, 1.54) is 0 Å². The average Bonchev–Trinajstić information content (AvgIpc) is 3.39. The van der Waals surface area contributed by atoms with Gasteiger partial charge < -0.3 is 14.4 Å². The van der Waals surface area contributed by atoms with Crippen LogP contribution in [-0.4, -0.2) is 46.0 Å². The molecule has 0 bridgehead atoms. The van der Waals surface area contributed by atoms with E-state index in [1.807, 2.05) is 72.0 Å². The van der Waals surface area contributed by atoms with Crippen LogP contribution in [0.15, 0.2) is 79.3 Å². The molecule has 1 amide bonds. The lowest BCUT2D eigenvalue weighted by molar-refractivity contribution is 0.0720. The number of fused-ring (bicyclic) bond motifs is 1. The summed E-state index contributed by atoms with van der Waals surface area (Å²) in [6.07, 6.45) is 7.06. The summed E-state index contributed by atoms with van der Waals surface area (Å²) in [6.45, 7) is 5.04. The summed E-state index contributed by atoms with van der Waals surface area (Å²) in [4.78, 5) is 22.6. The quantitative estimate of drug-likeness (QED) is 0.354. The molecular weight excluding hydrogens is 446 g/mol. The van der Waals surface area contributed by atoms with E-state index < -0.39 is 0 Å². The predicted molar refractivity (Wildman–Crippen MR) is 143 cm³/mol. The molecule has 1 saturated heterocycles. The number of hydrogen-bond donors (Lipinski definition) is 0. The number of hydrogen-bond acceptors (Lipinski definition) is 4. The number of unbranched alkanes of at least 4 members (excludes halogenated alkanes) is 1. The minimum absolute atomic E-state index is 0.110. The van der Waals surface area contributed by atoms with Gasteiger partial charge in [-0.25, -0.2) is 4.98 Å². The van der Waals surface area contributed by atoms with Gasteiger partial charge >= 0.3 is 0 Å². The second kappa shape index (κ2) is 10.7. The number of anilines is 1. The molecule has 4 aromatic rings. The second-order valence-corrected chi connectivity index (χ2v) is 9.46. The number of nitriles is 1. The SMILES string of the molecule is CCCC[C@H]1CN(C(=O)c2cccc3ccccc23)CCN1c1cncn1Cc1ccc(C#N)cc1. The summed E-state index contributed by atoms with van der Waals surface area (Å²) < 4.78 is 2.17. The molecule has 1 fully saturated rings. The Morgan fingerprint density at radius 1 is 1.06 bits per heavy atom. The third-order valence-electron chi connectivity index (χ3n) is 7.10. The molecule has 0 saturated carbocycles. The van der Waals surface area contributed by atoms with Crippen molar-refractivity contribution in [1.29, 1.82) is 5.26 Å². The highest BCUT2D eigenvalue weighted by Crippen LogP contribution is 2.27. The molecular formula is C30H31N5O. The molecule has 6 nitrogen and oxygen atoms in total. The first-order valence-corrected chi connectivity index (χ1v) is 12.7. The number of amides is 1. The molecule has 3 aromatic carbocycles. The van der Waals surface area contributed by atoms with Gasteiger partial charge in [0.15, 0.2) is 0 Å². The van der Waals surface area contributed by atoms with Crippen LogP contribution in [-0.2, 0) is 6.54 Å². The Kier molecular flexibility index (Phi) is 6.99. The Bertz CT molecular complexity index is 1380. The Hall–Kier alpha value is -4.11. The van der Waals surface area contributed by atoms with Crippen molar-refractivity contribution in [2.75, 3.05) is 24.5 Å². The normalized spacial score (nSPS) is 15.7. The molecule has 0 aliphatic carbocycles. The first kappa shape index (κ1) is 23.6. The standard InChI is InChI=1S/C30H31N5O/c1-2-3-9-26-21-33(30(36)28-11-6-8-25-7-4-5-10-27(25)28)16-17-35(26)29-19-32-22-34(29)20-24-14-12-23(18-31)13-15-24/h4-8,10-15,19,22,26H,2-3,9,16-17,20-21H2,1H3/t26-/m0/s1. The van der Waals surface area contributed by atoms with E-state index in [-0.39, 0.29) is 11.9 Å². The Balaban J connectivity index is 1.37. The van der Waals surface area contributed by atoms with Gasteiger partial charge in [0.2, 0.25) is 0 Å². The van der Waals surface area contributed by atoms with E-state index in [9.17, 15) is 4.79 Å². The van der Waals surface area contributed by atoms with Crippen LogP contribution in [0.2, 0.25) is 0 Å². The Morgan fingerprint density at radius 3 is 2.67 bits per heavy atom. The number of piperazine rings is 1. The third-order valence-corrected chi connectivity index (χ3v) is 7.10. The van der Waals surface area contributed by atoms with Crippen LogP contribution < -0.4 is 4.90 Å². The van der Waals surface area contributed by atoms with E-state index in [0.717, 1.165) is 53.5 Å². The summed E-state index contributed by atoms with van der Waals surface area (Å²) in [5.74, 6) is 1.19. The van der Waals surface area contributed by atoms with Crippen molar-refractivity contribution in [3.8, 4) is 6.07 Å². The van der Waals surface area contributed by atoms with Gasteiger partial charge in [0, 0.05) is 31.2 Å². The van der Waals surface area contributed by atoms with Gasteiger partial charge in [0.1, 0.15) is 5.82 Å². The lowest BCUT2D eigenvalue weighted by atomic mass is 10.0. The zero-order valence-electron chi connectivity index (χ0n) is 20.7. The van der Waals surface area contributed by atoms with Crippen LogP contribution in [0.25, 0.3) is 10.8 Å². The van der Waals surface area contributed by atoms with E-state index in [2.05, 4.69) is 39.6 Å². The van der Waals surface area contributed by atoms with E-state index in [0.29, 0.717) is 25.2 Å². The van der Waals surface area contributed by atoms with Gasteiger partial charge in [-0.3, -0.25) is 4.79 Å². The molecule has 1 atom stereocenters. The minimum atomic E-state index is 0.110. The molecule has 2 heterocycles. The molecule has 0 spiro atoms. The minimum Gasteiger partial charge on any atom is -0.350 e. The molecule has 0 radical (unpaired) electrons. The summed E-state index contributed by atoms with van der Waals surface area (Å²) in [6, 6.07) is 24.2. The first-order chi connectivity index (χ1) is 17.7. The van der Waals surface area contributed by atoms with Crippen molar-refractivity contribution in [1.82, 2.24) is 14.5 Å². The zero-order valence-corrected chi connectivity index (χ0v) is 20.7. The molecule has 182 valence electrons. The maximum Gasteiger partial charge on any atom is 0.254 e. The lowest BCUT2D eigenvalue weighted by Crippen LogP contribution is -2.55. The highest BCUT2D eigenvalue weighted by atomic mass is 16.2. The van der Waals surface area contributed by atoms with Gasteiger partial charge in [-0.15, -0.1) is 0 Å². The van der Waals surface area contributed by atoms with Crippen molar-refractivity contribution in [2.45, 2.75) is 38.8 Å². The average molecular weight is 478 g/mol. The monoisotopic (exact) mass is 477 g/mol. The predicted octanol–water partition coefficient (Wildman–Crippen LogP) is 5.48.